The summed E-state index contributed by atoms with van der Waals surface area (Å²) in [5.74, 6) is -1.38. The molecule has 25 heavy (non-hydrogen) atoms. The SMILES string of the molecule is CCCCCCCCCCCCCCCCCC(=O)OC(=O)CO.[H-].[Na+]. The first-order valence-electron chi connectivity index (χ1n) is 10.0. The molecule has 0 rings (SSSR count). The fourth-order valence-electron chi connectivity index (χ4n) is 2.85. The van der Waals surface area contributed by atoms with Crippen LogP contribution in [0.4, 0.5) is 0 Å². The smallest absolute Gasteiger partial charge is 1.00 e. The zero-order chi connectivity index (χ0) is 17.9. The molecule has 0 atom stereocenters. The van der Waals surface area contributed by atoms with Crippen LogP contribution in [0.25, 0.3) is 0 Å². The molecular formula is C20H39NaO4. The minimum absolute atomic E-state index is 0. The van der Waals surface area contributed by atoms with E-state index >= 15 is 0 Å². The maximum atomic E-state index is 11.2. The van der Waals surface area contributed by atoms with Gasteiger partial charge < -0.3 is 11.3 Å². The molecule has 0 aromatic heterocycles. The van der Waals surface area contributed by atoms with Gasteiger partial charge in [-0.05, 0) is 6.42 Å². The van der Waals surface area contributed by atoms with Gasteiger partial charge in [-0.1, -0.05) is 96.8 Å². The second kappa shape index (κ2) is 22.1. The maximum Gasteiger partial charge on any atom is 1.00 e. The molecule has 0 spiro atoms. The summed E-state index contributed by atoms with van der Waals surface area (Å²) in [6.45, 7) is 1.53. The Kier molecular flexibility index (Phi) is 24.2. The molecule has 0 saturated carbocycles. The quantitative estimate of drug-likeness (QED) is 0.186. The van der Waals surface area contributed by atoms with Gasteiger partial charge in [0.05, 0.1) is 0 Å². The molecule has 5 heteroatoms. The van der Waals surface area contributed by atoms with Gasteiger partial charge in [0, 0.05) is 6.42 Å². The average molecular weight is 367 g/mol. The molecule has 1 N–H and O–H groups in total. The van der Waals surface area contributed by atoms with Crippen LogP contribution in [0.2, 0.25) is 0 Å². The van der Waals surface area contributed by atoms with Crippen LogP contribution in [-0.4, -0.2) is 23.7 Å². The van der Waals surface area contributed by atoms with Crippen molar-refractivity contribution in [2.45, 2.75) is 110 Å². The molecule has 0 bridgehead atoms. The van der Waals surface area contributed by atoms with Gasteiger partial charge in [-0.3, -0.25) is 4.79 Å². The molecule has 4 nitrogen and oxygen atoms in total. The number of esters is 2. The summed E-state index contributed by atoms with van der Waals surface area (Å²) in [5.41, 5.74) is 0. The van der Waals surface area contributed by atoms with Gasteiger partial charge in [0.15, 0.2) is 0 Å². The third kappa shape index (κ3) is 22.1. The summed E-state index contributed by atoms with van der Waals surface area (Å²) in [7, 11) is 0. The second-order valence-electron chi connectivity index (χ2n) is 6.70. The number of ether oxygens (including phenoxy) is 1. The van der Waals surface area contributed by atoms with Crippen LogP contribution in [0, 0.1) is 0 Å². The van der Waals surface area contributed by atoms with Crippen LogP contribution in [0.5, 0.6) is 0 Å². The first-order valence-corrected chi connectivity index (χ1v) is 10.0. The minimum Gasteiger partial charge on any atom is -1.00 e. The van der Waals surface area contributed by atoms with Crippen LogP contribution in [0.15, 0.2) is 0 Å². The first-order chi connectivity index (χ1) is 11.7. The Bertz CT molecular complexity index is 314. The fraction of sp³-hybridized carbons (Fsp3) is 0.900. The summed E-state index contributed by atoms with van der Waals surface area (Å²) in [6, 6.07) is 0. The van der Waals surface area contributed by atoms with Crippen molar-refractivity contribution >= 4 is 11.9 Å². The summed E-state index contributed by atoms with van der Waals surface area (Å²) in [6.07, 6.45) is 19.5. The van der Waals surface area contributed by atoms with Gasteiger partial charge in [0.2, 0.25) is 0 Å². The predicted molar refractivity (Wildman–Crippen MR) is 98.8 cm³/mol. The van der Waals surface area contributed by atoms with E-state index in [1.807, 2.05) is 0 Å². The topological polar surface area (TPSA) is 63.6 Å². The Hall–Kier alpha value is 0.1000. The molecule has 0 amide bonds. The molecule has 0 aliphatic heterocycles. The van der Waals surface area contributed by atoms with E-state index in [1.54, 1.807) is 0 Å². The zero-order valence-corrected chi connectivity index (χ0v) is 18.7. The van der Waals surface area contributed by atoms with Crippen molar-refractivity contribution in [2.75, 3.05) is 6.61 Å². The predicted octanol–water partition coefficient (Wildman–Crippen LogP) is 2.43. The van der Waals surface area contributed by atoms with Crippen LogP contribution < -0.4 is 29.6 Å². The van der Waals surface area contributed by atoms with Crippen molar-refractivity contribution in [1.29, 1.82) is 0 Å². The fourth-order valence-corrected chi connectivity index (χ4v) is 2.85. The number of aliphatic hydroxyl groups excluding tert-OH is 1. The summed E-state index contributed by atoms with van der Waals surface area (Å²) in [4.78, 5) is 21.9. The molecule has 0 fully saturated rings. The molecule has 0 aromatic rings. The maximum absolute atomic E-state index is 11.2. The number of carbonyl (C=O) groups excluding carboxylic acids is 2. The van der Waals surface area contributed by atoms with Gasteiger partial charge >= 0.3 is 41.5 Å². The van der Waals surface area contributed by atoms with Gasteiger partial charge in [-0.25, -0.2) is 4.79 Å². The van der Waals surface area contributed by atoms with E-state index < -0.39 is 18.5 Å². The molecule has 0 aromatic carbocycles. The molecule has 0 saturated heterocycles. The van der Waals surface area contributed by atoms with Crippen molar-refractivity contribution in [1.82, 2.24) is 0 Å². The van der Waals surface area contributed by atoms with Crippen LogP contribution in [0.1, 0.15) is 111 Å². The second-order valence-corrected chi connectivity index (χ2v) is 6.70. The van der Waals surface area contributed by atoms with E-state index in [0.717, 1.165) is 19.3 Å². The van der Waals surface area contributed by atoms with E-state index in [0.29, 0.717) is 0 Å². The first kappa shape index (κ1) is 27.3. The number of rotatable bonds is 17. The number of carbonyl (C=O) groups is 2. The van der Waals surface area contributed by atoms with Crippen molar-refractivity contribution in [2.24, 2.45) is 0 Å². The van der Waals surface area contributed by atoms with E-state index in [4.69, 9.17) is 5.11 Å². The number of aliphatic hydroxyl groups is 1. The molecule has 0 heterocycles. The van der Waals surface area contributed by atoms with Crippen molar-refractivity contribution in [3.63, 3.8) is 0 Å². The summed E-state index contributed by atoms with van der Waals surface area (Å²) in [5, 5.41) is 8.46. The summed E-state index contributed by atoms with van der Waals surface area (Å²) < 4.78 is 4.39. The van der Waals surface area contributed by atoms with Crippen LogP contribution >= 0.6 is 0 Å². The molecule has 0 aliphatic carbocycles. The number of unbranched alkanes of at least 4 members (excludes halogenated alkanes) is 14. The van der Waals surface area contributed by atoms with Gasteiger partial charge in [-0.15, -0.1) is 0 Å². The van der Waals surface area contributed by atoms with E-state index in [2.05, 4.69) is 11.7 Å². The van der Waals surface area contributed by atoms with Gasteiger partial charge in [0.25, 0.3) is 0 Å². The van der Waals surface area contributed by atoms with E-state index in [1.165, 1.54) is 77.0 Å². The third-order valence-corrected chi connectivity index (χ3v) is 4.34. The Morgan fingerprint density at radius 1 is 0.680 bits per heavy atom. The number of hydrogen-bond acceptors (Lipinski definition) is 4. The van der Waals surface area contributed by atoms with Crippen LogP contribution in [-0.2, 0) is 14.3 Å². The third-order valence-electron chi connectivity index (χ3n) is 4.34. The van der Waals surface area contributed by atoms with E-state index in [9.17, 15) is 9.59 Å². The Morgan fingerprint density at radius 3 is 1.40 bits per heavy atom. The molecule has 0 radical (unpaired) electrons. The molecular weight excluding hydrogens is 327 g/mol. The van der Waals surface area contributed by atoms with Crippen molar-refractivity contribution in [3.8, 4) is 0 Å². The normalized spacial score (nSPS) is 10.3. The number of hydrogen-bond donors (Lipinski definition) is 1. The standard InChI is InChI=1S/C20H38O4.Na.H/c1-2-3-4-5-6-7-8-9-10-11-12-13-14-15-16-17-19(22)24-20(23)18-21;;/h21H,2-18H2,1H3;;/q;+1;-1. The van der Waals surface area contributed by atoms with Crippen LogP contribution in [0.3, 0.4) is 0 Å². The monoisotopic (exact) mass is 366 g/mol. The van der Waals surface area contributed by atoms with Gasteiger partial charge in [-0.2, -0.15) is 0 Å². The Morgan fingerprint density at radius 2 is 1.04 bits per heavy atom. The minimum atomic E-state index is -0.860. The molecule has 0 unspecified atom stereocenters. The Balaban J connectivity index is -0.00000264. The van der Waals surface area contributed by atoms with Gasteiger partial charge in [0.1, 0.15) is 6.61 Å². The molecule has 0 aliphatic rings. The largest absolute Gasteiger partial charge is 1.00 e. The van der Waals surface area contributed by atoms with E-state index in [-0.39, 0.29) is 37.4 Å². The van der Waals surface area contributed by atoms with Crippen molar-refractivity contribution < 1.29 is 50.4 Å². The molecule has 144 valence electrons. The Labute approximate surface area is 178 Å². The van der Waals surface area contributed by atoms with Crippen molar-refractivity contribution in [3.05, 3.63) is 0 Å². The zero-order valence-electron chi connectivity index (χ0n) is 17.7. The average Bonchev–Trinajstić information content (AvgIpc) is 2.58. The summed E-state index contributed by atoms with van der Waals surface area (Å²) >= 11 is 0.